The smallest absolute Gasteiger partial charge is 0.258 e. The first-order valence-corrected chi connectivity index (χ1v) is 5.43. The maximum Gasteiger partial charge on any atom is 0.258 e. The molecule has 0 aliphatic rings. The molecule has 2 rings (SSSR count). The number of benzene rings is 2. The van der Waals surface area contributed by atoms with Crippen LogP contribution in [0, 0.1) is 12.7 Å². The average molecular weight is 245 g/mol. The molecule has 0 bridgehead atoms. The van der Waals surface area contributed by atoms with Gasteiger partial charge in [-0.3, -0.25) is 4.79 Å². The number of hydrogen-bond donors (Lipinski definition) is 2. The Morgan fingerprint density at radius 2 is 2.00 bits per heavy atom. The van der Waals surface area contributed by atoms with Crippen molar-refractivity contribution in [1.82, 2.24) is 0 Å². The van der Waals surface area contributed by atoms with Crippen molar-refractivity contribution in [1.29, 1.82) is 0 Å². The van der Waals surface area contributed by atoms with E-state index in [2.05, 4.69) is 5.32 Å². The van der Waals surface area contributed by atoms with Crippen LogP contribution in [-0.4, -0.2) is 11.0 Å². The van der Waals surface area contributed by atoms with Crippen molar-refractivity contribution < 1.29 is 14.3 Å². The summed E-state index contributed by atoms with van der Waals surface area (Å²) in [5, 5.41) is 11.8. The van der Waals surface area contributed by atoms with E-state index in [0.717, 1.165) is 5.56 Å². The van der Waals surface area contributed by atoms with Gasteiger partial charge >= 0.3 is 0 Å². The predicted molar refractivity (Wildman–Crippen MR) is 67.2 cm³/mol. The molecule has 1 amide bonds. The number of carbonyl (C=O) groups excluding carboxylic acids is 1. The minimum atomic E-state index is -0.562. The standard InChI is InChI=1S/C14H12FNO2/c1-9-5-6-12(13(15)7-9)14(18)16-10-3-2-4-11(17)8-10/h2-8,17H,1H3,(H,16,18). The minimum Gasteiger partial charge on any atom is -0.508 e. The maximum absolute atomic E-state index is 13.6. The number of rotatable bonds is 2. The van der Waals surface area contributed by atoms with E-state index >= 15 is 0 Å². The first-order chi connectivity index (χ1) is 8.56. The van der Waals surface area contributed by atoms with Gasteiger partial charge in [-0.05, 0) is 36.8 Å². The Hall–Kier alpha value is -2.36. The summed E-state index contributed by atoms with van der Waals surface area (Å²) in [4.78, 5) is 11.8. The summed E-state index contributed by atoms with van der Waals surface area (Å²) in [6, 6.07) is 10.5. The SMILES string of the molecule is Cc1ccc(C(=O)Nc2cccc(O)c2)c(F)c1. The lowest BCUT2D eigenvalue weighted by molar-refractivity contribution is 0.102. The quantitative estimate of drug-likeness (QED) is 0.854. The van der Waals surface area contributed by atoms with Crippen LogP contribution >= 0.6 is 0 Å². The van der Waals surface area contributed by atoms with Gasteiger partial charge in [0.05, 0.1) is 5.56 Å². The number of anilines is 1. The number of carbonyl (C=O) groups is 1. The molecule has 0 spiro atoms. The summed E-state index contributed by atoms with van der Waals surface area (Å²) in [6.45, 7) is 1.75. The molecule has 0 saturated heterocycles. The summed E-state index contributed by atoms with van der Waals surface area (Å²) in [5.74, 6) is -1.07. The second kappa shape index (κ2) is 4.87. The lowest BCUT2D eigenvalue weighted by Gasteiger charge is -2.06. The van der Waals surface area contributed by atoms with Crippen molar-refractivity contribution in [2.24, 2.45) is 0 Å². The van der Waals surface area contributed by atoms with E-state index in [9.17, 15) is 14.3 Å². The molecule has 2 aromatic carbocycles. The second-order valence-corrected chi connectivity index (χ2v) is 3.99. The van der Waals surface area contributed by atoms with Crippen LogP contribution in [0.25, 0.3) is 0 Å². The minimum absolute atomic E-state index is 0.0241. The molecule has 2 aromatic rings. The second-order valence-electron chi connectivity index (χ2n) is 3.99. The highest BCUT2D eigenvalue weighted by molar-refractivity contribution is 6.04. The topological polar surface area (TPSA) is 49.3 Å². The molecule has 18 heavy (non-hydrogen) atoms. The van der Waals surface area contributed by atoms with Crippen LogP contribution in [0.3, 0.4) is 0 Å². The zero-order valence-corrected chi connectivity index (χ0v) is 9.77. The summed E-state index contributed by atoms with van der Waals surface area (Å²) in [7, 11) is 0. The highest BCUT2D eigenvalue weighted by Gasteiger charge is 2.11. The molecule has 0 unspecified atom stereocenters. The maximum atomic E-state index is 13.6. The van der Waals surface area contributed by atoms with E-state index in [1.165, 1.54) is 24.3 Å². The number of amides is 1. The molecule has 0 fully saturated rings. The Bertz CT molecular complexity index is 596. The van der Waals surface area contributed by atoms with Crippen molar-refractivity contribution in [2.45, 2.75) is 6.92 Å². The van der Waals surface area contributed by atoms with Crippen LogP contribution in [0.15, 0.2) is 42.5 Å². The molecule has 0 heterocycles. The zero-order chi connectivity index (χ0) is 13.1. The Balaban J connectivity index is 2.22. The first-order valence-electron chi connectivity index (χ1n) is 5.43. The summed E-state index contributed by atoms with van der Waals surface area (Å²) >= 11 is 0. The van der Waals surface area contributed by atoms with Crippen molar-refractivity contribution >= 4 is 11.6 Å². The van der Waals surface area contributed by atoms with Crippen LogP contribution in [-0.2, 0) is 0 Å². The Kier molecular flexibility index (Phi) is 3.28. The molecule has 0 aliphatic heterocycles. The van der Waals surface area contributed by atoms with Gasteiger partial charge in [0, 0.05) is 11.8 Å². The third kappa shape index (κ3) is 2.66. The predicted octanol–water partition coefficient (Wildman–Crippen LogP) is 3.09. The fourth-order valence-electron chi connectivity index (χ4n) is 1.59. The summed E-state index contributed by atoms with van der Waals surface area (Å²) in [6.07, 6.45) is 0. The molecule has 3 nitrogen and oxygen atoms in total. The Labute approximate surface area is 104 Å². The highest BCUT2D eigenvalue weighted by atomic mass is 19.1. The number of hydrogen-bond acceptors (Lipinski definition) is 2. The highest BCUT2D eigenvalue weighted by Crippen LogP contribution is 2.17. The Morgan fingerprint density at radius 1 is 1.22 bits per heavy atom. The third-order valence-corrected chi connectivity index (χ3v) is 2.47. The molecule has 0 saturated carbocycles. The molecule has 0 atom stereocenters. The molecule has 0 radical (unpaired) electrons. The lowest BCUT2D eigenvalue weighted by atomic mass is 10.1. The van der Waals surface area contributed by atoms with Crippen LogP contribution in [0.2, 0.25) is 0 Å². The zero-order valence-electron chi connectivity index (χ0n) is 9.77. The molecular formula is C14H12FNO2. The fraction of sp³-hybridized carbons (Fsp3) is 0.0714. The number of phenols is 1. The van der Waals surface area contributed by atoms with Gasteiger partial charge in [-0.15, -0.1) is 0 Å². The number of halogens is 1. The monoisotopic (exact) mass is 245 g/mol. The van der Waals surface area contributed by atoms with Crippen molar-refractivity contribution in [3.63, 3.8) is 0 Å². The van der Waals surface area contributed by atoms with E-state index in [1.807, 2.05) is 0 Å². The van der Waals surface area contributed by atoms with Crippen molar-refractivity contribution in [2.75, 3.05) is 5.32 Å². The lowest BCUT2D eigenvalue weighted by Crippen LogP contribution is -2.13. The van der Waals surface area contributed by atoms with Gasteiger partial charge in [0.2, 0.25) is 0 Å². The number of nitrogens with one attached hydrogen (secondary N) is 1. The van der Waals surface area contributed by atoms with Crippen LogP contribution in [0.4, 0.5) is 10.1 Å². The van der Waals surface area contributed by atoms with Gasteiger partial charge in [-0.1, -0.05) is 12.1 Å². The van der Waals surface area contributed by atoms with Crippen LogP contribution in [0.1, 0.15) is 15.9 Å². The van der Waals surface area contributed by atoms with Gasteiger partial charge in [0.25, 0.3) is 5.91 Å². The first kappa shape index (κ1) is 12.1. The summed E-state index contributed by atoms with van der Waals surface area (Å²) in [5.41, 5.74) is 1.14. The number of aryl methyl sites for hydroxylation is 1. The van der Waals surface area contributed by atoms with E-state index in [1.54, 1.807) is 25.1 Å². The van der Waals surface area contributed by atoms with E-state index in [-0.39, 0.29) is 11.3 Å². The average Bonchev–Trinajstić information content (AvgIpc) is 2.28. The molecular weight excluding hydrogens is 233 g/mol. The van der Waals surface area contributed by atoms with Gasteiger partial charge in [0.15, 0.2) is 0 Å². The number of aromatic hydroxyl groups is 1. The molecule has 92 valence electrons. The van der Waals surface area contributed by atoms with E-state index in [4.69, 9.17) is 0 Å². The van der Waals surface area contributed by atoms with Crippen LogP contribution in [0.5, 0.6) is 5.75 Å². The molecule has 4 heteroatoms. The van der Waals surface area contributed by atoms with E-state index < -0.39 is 11.7 Å². The van der Waals surface area contributed by atoms with Crippen molar-refractivity contribution in [3.8, 4) is 5.75 Å². The van der Waals surface area contributed by atoms with Gasteiger partial charge in [-0.2, -0.15) is 0 Å². The van der Waals surface area contributed by atoms with Gasteiger partial charge in [0.1, 0.15) is 11.6 Å². The number of phenolic OH excluding ortho intramolecular Hbond substituents is 1. The van der Waals surface area contributed by atoms with Gasteiger partial charge in [-0.25, -0.2) is 4.39 Å². The molecule has 2 N–H and O–H groups in total. The van der Waals surface area contributed by atoms with Crippen LogP contribution < -0.4 is 5.32 Å². The van der Waals surface area contributed by atoms with E-state index in [0.29, 0.717) is 5.69 Å². The Morgan fingerprint density at radius 3 is 2.67 bits per heavy atom. The molecule has 0 aliphatic carbocycles. The normalized spacial score (nSPS) is 10.1. The van der Waals surface area contributed by atoms with Gasteiger partial charge < -0.3 is 10.4 Å². The summed E-state index contributed by atoms with van der Waals surface area (Å²) < 4.78 is 13.6. The van der Waals surface area contributed by atoms with Crippen molar-refractivity contribution in [3.05, 3.63) is 59.4 Å². The largest absolute Gasteiger partial charge is 0.508 e. The third-order valence-electron chi connectivity index (χ3n) is 2.47. The fourth-order valence-corrected chi connectivity index (χ4v) is 1.59. The molecule has 0 aromatic heterocycles.